The van der Waals surface area contributed by atoms with Gasteiger partial charge in [-0.25, -0.2) is 0 Å². The van der Waals surface area contributed by atoms with Crippen molar-refractivity contribution in [1.29, 1.82) is 0 Å². The maximum atomic E-state index is 5.44. The normalized spacial score (nSPS) is 9.27. The number of halogens is 2. The quantitative estimate of drug-likeness (QED) is 0.143. The summed E-state index contributed by atoms with van der Waals surface area (Å²) in [6, 6.07) is 22.8. The SMILES string of the molecule is CC(C)=C=[C]=[Ru]([Cl])[Cl].[CH3-].[c-]1ccc(-c2ccncc2)cc1.c1cc(-c2ccncc2)ccn1. The van der Waals surface area contributed by atoms with Gasteiger partial charge in [-0.15, -0.1) is 5.56 Å². The van der Waals surface area contributed by atoms with E-state index in [-0.39, 0.29) is 7.43 Å². The summed E-state index contributed by atoms with van der Waals surface area (Å²) < 4.78 is 2.73. The van der Waals surface area contributed by atoms with Gasteiger partial charge in [0.1, 0.15) is 0 Å². The second-order valence-electron chi connectivity index (χ2n) is 6.39. The van der Waals surface area contributed by atoms with Gasteiger partial charge in [-0.3, -0.25) is 15.0 Å². The van der Waals surface area contributed by atoms with Crippen molar-refractivity contribution >= 4 is 23.6 Å². The molecule has 0 fully saturated rings. The fourth-order valence-corrected chi connectivity index (χ4v) is 3.33. The molecule has 3 aromatic heterocycles. The Balaban J connectivity index is 0.000000250. The van der Waals surface area contributed by atoms with E-state index in [0.29, 0.717) is 0 Å². The Hall–Kier alpha value is -2.70. The van der Waals surface area contributed by atoms with Crippen LogP contribution in [0.25, 0.3) is 22.3 Å². The molecular weight excluding hydrogens is 538 g/mol. The minimum Gasteiger partial charge on any atom is -0.358 e. The molecule has 0 spiro atoms. The fraction of sp³-hybridized carbons (Fsp3) is 0.0741. The van der Waals surface area contributed by atoms with Crippen LogP contribution in [0.3, 0.4) is 0 Å². The Morgan fingerprint density at radius 3 is 1.27 bits per heavy atom. The molecule has 0 saturated carbocycles. The van der Waals surface area contributed by atoms with Gasteiger partial charge in [-0.05, 0) is 53.1 Å². The first-order valence-corrected chi connectivity index (χ1v) is 14.9. The van der Waals surface area contributed by atoms with Crippen LogP contribution in [-0.2, 0) is 13.5 Å². The third kappa shape index (κ3) is 12.2. The van der Waals surface area contributed by atoms with Gasteiger partial charge in [-0.1, -0.05) is 0 Å². The van der Waals surface area contributed by atoms with Crippen LogP contribution >= 0.6 is 19.4 Å². The van der Waals surface area contributed by atoms with Crippen LogP contribution in [-0.4, -0.2) is 19.2 Å². The smallest absolute Gasteiger partial charge is 0.0273 e. The molecule has 33 heavy (non-hydrogen) atoms. The Morgan fingerprint density at radius 1 is 0.667 bits per heavy atom. The Bertz CT molecular complexity index is 979. The van der Waals surface area contributed by atoms with Gasteiger partial charge in [0, 0.05) is 37.2 Å². The second-order valence-corrected chi connectivity index (χ2v) is 11.7. The van der Waals surface area contributed by atoms with Crippen LogP contribution in [0.1, 0.15) is 13.8 Å². The topological polar surface area (TPSA) is 38.7 Å². The summed E-state index contributed by atoms with van der Waals surface area (Å²) in [7, 11) is 10.9. The number of rotatable bonds is 2. The van der Waals surface area contributed by atoms with E-state index in [1.54, 1.807) is 37.2 Å². The van der Waals surface area contributed by atoms with E-state index in [2.05, 4.69) is 31.0 Å². The van der Waals surface area contributed by atoms with E-state index in [4.69, 9.17) is 19.4 Å². The van der Waals surface area contributed by atoms with E-state index >= 15 is 0 Å². The van der Waals surface area contributed by atoms with Gasteiger partial charge in [0.25, 0.3) is 0 Å². The van der Waals surface area contributed by atoms with Crippen molar-refractivity contribution in [1.82, 2.24) is 15.0 Å². The maximum absolute atomic E-state index is 5.44. The molecule has 3 nitrogen and oxygen atoms in total. The van der Waals surface area contributed by atoms with E-state index < -0.39 is 13.5 Å². The summed E-state index contributed by atoms with van der Waals surface area (Å²) in [5.74, 6) is 0. The van der Waals surface area contributed by atoms with Gasteiger partial charge in [-0.2, -0.15) is 30.3 Å². The molecule has 0 bridgehead atoms. The number of hydrogen-bond donors (Lipinski definition) is 0. The molecular formula is C27H25Cl2N3Ru-2. The molecule has 172 valence electrons. The molecule has 0 saturated heterocycles. The molecule has 0 atom stereocenters. The largest absolute Gasteiger partial charge is 0.358 e. The molecule has 0 aliphatic carbocycles. The van der Waals surface area contributed by atoms with Crippen LogP contribution < -0.4 is 0 Å². The van der Waals surface area contributed by atoms with Crippen molar-refractivity contribution in [3.8, 4) is 22.3 Å². The summed E-state index contributed by atoms with van der Waals surface area (Å²) in [5.41, 5.74) is 8.62. The molecule has 0 aliphatic heterocycles. The maximum Gasteiger partial charge on any atom is 0.0273 e. The number of hydrogen-bond acceptors (Lipinski definition) is 3. The average Bonchev–Trinajstić information content (AvgIpc) is 2.86. The molecule has 1 aromatic carbocycles. The van der Waals surface area contributed by atoms with Crippen molar-refractivity contribution in [2.45, 2.75) is 13.8 Å². The van der Waals surface area contributed by atoms with E-state index in [1.165, 1.54) is 22.3 Å². The molecule has 0 radical (unpaired) electrons. The molecule has 3 heterocycles. The van der Waals surface area contributed by atoms with Gasteiger partial charge < -0.3 is 7.43 Å². The van der Waals surface area contributed by atoms with Crippen molar-refractivity contribution < 1.29 is 13.5 Å². The van der Waals surface area contributed by atoms with Gasteiger partial charge in [0.05, 0.1) is 0 Å². The number of nitrogens with zero attached hydrogens (tertiary/aromatic N) is 3. The summed E-state index contributed by atoms with van der Waals surface area (Å²) in [6.07, 6.45) is 10.7. The molecule has 4 aromatic rings. The summed E-state index contributed by atoms with van der Waals surface area (Å²) >= 11 is -1.70. The van der Waals surface area contributed by atoms with Crippen molar-refractivity contribution in [2.75, 3.05) is 0 Å². The van der Waals surface area contributed by atoms with E-state index in [0.717, 1.165) is 5.57 Å². The number of aromatic nitrogens is 3. The zero-order valence-electron chi connectivity index (χ0n) is 18.7. The molecule has 0 amide bonds. The van der Waals surface area contributed by atoms with Crippen molar-refractivity contribution in [2.24, 2.45) is 0 Å². The van der Waals surface area contributed by atoms with Gasteiger partial charge in [0.15, 0.2) is 0 Å². The van der Waals surface area contributed by atoms with Crippen LogP contribution in [0.5, 0.6) is 0 Å². The average molecular weight is 563 g/mol. The third-order valence-corrected chi connectivity index (χ3v) is 5.12. The van der Waals surface area contributed by atoms with Crippen LogP contribution in [0.2, 0.25) is 0 Å². The minimum atomic E-state index is -1.70. The summed E-state index contributed by atoms with van der Waals surface area (Å²) in [4.78, 5) is 11.9. The van der Waals surface area contributed by atoms with Crippen molar-refractivity contribution in [3.05, 3.63) is 123 Å². The number of pyridine rings is 3. The summed E-state index contributed by atoms with van der Waals surface area (Å²) in [5, 5.41) is 0. The van der Waals surface area contributed by atoms with Gasteiger partial charge in [0.2, 0.25) is 0 Å². The van der Waals surface area contributed by atoms with Crippen LogP contribution in [0, 0.1) is 13.5 Å². The molecule has 4 rings (SSSR count). The Morgan fingerprint density at radius 2 is 1.00 bits per heavy atom. The van der Waals surface area contributed by atoms with Gasteiger partial charge >= 0.3 is 62.3 Å². The van der Waals surface area contributed by atoms with Crippen molar-refractivity contribution in [3.63, 3.8) is 0 Å². The molecule has 6 heteroatoms. The zero-order chi connectivity index (χ0) is 23.0. The third-order valence-electron chi connectivity index (χ3n) is 3.79. The van der Waals surface area contributed by atoms with Crippen LogP contribution in [0.15, 0.2) is 109 Å². The molecule has 0 aliphatic rings. The van der Waals surface area contributed by atoms with Crippen LogP contribution in [0.4, 0.5) is 0 Å². The first kappa shape index (κ1) is 28.3. The molecule has 0 N–H and O–H groups in total. The predicted octanol–water partition coefficient (Wildman–Crippen LogP) is 7.58. The Kier molecular flexibility index (Phi) is 14.5. The molecule has 0 unspecified atom stereocenters. The zero-order valence-corrected chi connectivity index (χ0v) is 21.9. The first-order valence-electron chi connectivity index (χ1n) is 9.55. The first-order chi connectivity index (χ1) is 15.6. The predicted molar refractivity (Wildman–Crippen MR) is 137 cm³/mol. The number of benzene rings is 1. The minimum absolute atomic E-state index is 0. The second kappa shape index (κ2) is 16.9. The van der Waals surface area contributed by atoms with E-state index in [1.807, 2.05) is 74.5 Å². The monoisotopic (exact) mass is 563 g/mol. The standard InChI is InChI=1S/C11H8N.C10H8N2.C5H6.CH3.2ClH.Ru/c1-2-4-10(5-3-1)11-6-8-12-9-7-11;1-5-11-6-2-9(1)10-3-7-12-8-4-10;1-4-5(2)3;;;;/h2-9H;1-8H;2-3H3;1H3;2*1H;/q-1;;;-1;;;+2/p-2. The Labute approximate surface area is 210 Å². The fourth-order valence-electron chi connectivity index (χ4n) is 2.33. The summed E-state index contributed by atoms with van der Waals surface area (Å²) in [6.45, 7) is 3.86. The number of allylic oxidation sites excluding steroid dienone is 1. The van der Waals surface area contributed by atoms with E-state index in [9.17, 15) is 0 Å².